The summed E-state index contributed by atoms with van der Waals surface area (Å²) >= 11 is 0. The maximum atomic E-state index is 13.3. The molecule has 6 rings (SSSR count). The summed E-state index contributed by atoms with van der Waals surface area (Å²) in [6.45, 7) is 14.4. The molecule has 0 aromatic carbocycles. The van der Waals surface area contributed by atoms with E-state index in [4.69, 9.17) is 19.4 Å². The van der Waals surface area contributed by atoms with Crippen molar-refractivity contribution in [2.45, 2.75) is 59.9 Å². The Morgan fingerprint density at radius 1 is 1.00 bits per heavy atom. The molecule has 1 unspecified atom stereocenters. The monoisotopic (exact) mass is 632 g/mol. The molecule has 5 heterocycles. The molecule has 3 aromatic rings. The number of rotatable bonds is 6. The second-order valence-electron chi connectivity index (χ2n) is 12.3. The molecule has 8 bridgehead atoms. The number of H-pyrrole nitrogens is 1. The van der Waals surface area contributed by atoms with Crippen molar-refractivity contribution in [1.29, 1.82) is 0 Å². The molecular formula is C36H40MgN4O5. The van der Waals surface area contributed by atoms with Gasteiger partial charge in [-0.1, -0.05) is 55.9 Å². The summed E-state index contributed by atoms with van der Waals surface area (Å²) in [5.74, 6) is -2.08. The second-order valence-corrected chi connectivity index (χ2v) is 12.3. The van der Waals surface area contributed by atoms with Crippen LogP contribution in [-0.4, -0.2) is 65.3 Å². The van der Waals surface area contributed by atoms with Gasteiger partial charge in [0, 0.05) is 34.0 Å². The van der Waals surface area contributed by atoms with Crippen LogP contribution in [0.25, 0.3) is 35.6 Å². The van der Waals surface area contributed by atoms with Crippen molar-refractivity contribution in [2.75, 3.05) is 14.2 Å². The van der Waals surface area contributed by atoms with Crippen molar-refractivity contribution in [1.82, 2.24) is 20.3 Å². The van der Waals surface area contributed by atoms with E-state index < -0.39 is 17.9 Å². The smallest absolute Gasteiger partial charge is 0.657 e. The minimum absolute atomic E-state index is 0. The van der Waals surface area contributed by atoms with Gasteiger partial charge in [0.15, 0.2) is 0 Å². The van der Waals surface area contributed by atoms with Crippen LogP contribution in [0.5, 0.6) is 0 Å². The number of carbonyl (C=O) groups is 2. The number of nitrogens with zero attached hydrogens (tertiary/aromatic N) is 2. The van der Waals surface area contributed by atoms with Crippen LogP contribution in [0.4, 0.5) is 0 Å². The van der Waals surface area contributed by atoms with Gasteiger partial charge in [-0.05, 0) is 61.8 Å². The first-order valence-corrected chi connectivity index (χ1v) is 15.5. The number of nitrogens with one attached hydrogen (secondary N) is 2. The zero-order valence-corrected chi connectivity index (χ0v) is 29.0. The van der Waals surface area contributed by atoms with E-state index >= 15 is 0 Å². The standard InChI is InChI=1S/C36H40N4O5.Mg/c1-9-20-16(3)23-13-25-18(5)22(11-12-29(41)44-7)33(39-25)31-32(36(43)45-8)35(42)30-19(6)26(40-34(30)31)15-28-21(10-2)17(4)24(38-28)14-27(20)37-23;/h9,13-15,18,22,32-33,38-39,42H,1,10-12H2,2-8H3;/q-2;+2/b24-14-,25-13-,28-15-;/t18-,22-,32+,33?;/m0./s1. The minimum Gasteiger partial charge on any atom is -0.657 e. The van der Waals surface area contributed by atoms with Gasteiger partial charge in [-0.2, -0.15) is 0 Å². The predicted octanol–water partition coefficient (Wildman–Crippen LogP) is 1.49. The van der Waals surface area contributed by atoms with E-state index in [0.29, 0.717) is 28.3 Å². The number of methoxy groups -OCH3 is 2. The molecule has 1 saturated heterocycles. The van der Waals surface area contributed by atoms with E-state index in [1.807, 2.05) is 26.0 Å². The molecule has 1 fully saturated rings. The Labute approximate surface area is 284 Å². The summed E-state index contributed by atoms with van der Waals surface area (Å²) in [6.07, 6.45) is 9.53. The second kappa shape index (κ2) is 12.7. The topological polar surface area (TPSA) is 129 Å². The Kier molecular flexibility index (Phi) is 9.25. The SMILES string of the molecule is C=Cc1c2[n-]c(c1C)/C=C1\NC(C3=c4[n-]c(c(C)c4=C(O)[C@@H]3C(=O)OC)/C=c3\[nH]/c(c(C)c3CC)=C\2)[C@@H](CCC(=O)OC)[C@@H]1C.[Mg+2]. The first kappa shape index (κ1) is 33.5. The van der Waals surface area contributed by atoms with Gasteiger partial charge in [-0.3, -0.25) is 9.59 Å². The fourth-order valence-electron chi connectivity index (χ4n) is 7.50. The quantitative estimate of drug-likeness (QED) is 0.276. The molecule has 0 radical (unpaired) electrons. The molecule has 0 spiro atoms. The first-order chi connectivity index (χ1) is 21.5. The molecule has 3 aliphatic rings. The Morgan fingerprint density at radius 3 is 2.35 bits per heavy atom. The van der Waals surface area contributed by atoms with Crippen LogP contribution < -0.4 is 36.6 Å². The maximum absolute atomic E-state index is 13.3. The molecule has 3 N–H and O–H groups in total. The van der Waals surface area contributed by atoms with Crippen molar-refractivity contribution in [2.24, 2.45) is 17.8 Å². The van der Waals surface area contributed by atoms with Gasteiger partial charge in [-0.25, -0.2) is 0 Å². The Hall–Kier alpha value is -3.89. The molecule has 4 atom stereocenters. The molecule has 10 heteroatoms. The summed E-state index contributed by atoms with van der Waals surface area (Å²) in [6, 6.07) is -0.413. The summed E-state index contributed by atoms with van der Waals surface area (Å²) < 4.78 is 10.2. The summed E-state index contributed by atoms with van der Waals surface area (Å²) in [5, 5.41) is 18.4. The van der Waals surface area contributed by atoms with Crippen molar-refractivity contribution in [3.63, 3.8) is 0 Å². The Bertz CT molecular complexity index is 2040. The normalized spacial score (nSPS) is 23.7. The number of fused-ring (bicyclic) bond motifs is 8. The van der Waals surface area contributed by atoms with Gasteiger partial charge in [-0.15, -0.1) is 22.4 Å². The predicted molar refractivity (Wildman–Crippen MR) is 179 cm³/mol. The molecule has 0 saturated carbocycles. The summed E-state index contributed by atoms with van der Waals surface area (Å²) in [7, 11) is 2.71. The molecule has 236 valence electrons. The Balaban J connectivity index is 0.00000417. The zero-order valence-electron chi connectivity index (χ0n) is 27.6. The summed E-state index contributed by atoms with van der Waals surface area (Å²) in [5.41, 5.74) is 9.00. The largest absolute Gasteiger partial charge is 2.00 e. The average molecular weight is 633 g/mol. The number of hydrogen-bond donors (Lipinski definition) is 3. The number of hydrogen-bond acceptors (Lipinski definition) is 6. The van der Waals surface area contributed by atoms with Crippen molar-refractivity contribution < 1.29 is 24.2 Å². The molecule has 1 aliphatic carbocycles. The van der Waals surface area contributed by atoms with E-state index in [1.54, 1.807) is 0 Å². The third kappa shape index (κ3) is 5.15. The number of aliphatic hydroxyl groups is 1. The van der Waals surface area contributed by atoms with E-state index in [9.17, 15) is 14.7 Å². The first-order valence-electron chi connectivity index (χ1n) is 15.5. The van der Waals surface area contributed by atoms with Crippen LogP contribution in [0.3, 0.4) is 0 Å². The number of esters is 2. The van der Waals surface area contributed by atoms with Crippen molar-refractivity contribution >= 4 is 70.6 Å². The maximum Gasteiger partial charge on any atom is 2.00 e. The number of carbonyl (C=O) groups excluding carboxylic acids is 2. The minimum atomic E-state index is -1.01. The molecule has 2 aliphatic heterocycles. The van der Waals surface area contributed by atoms with Crippen LogP contribution in [0, 0.1) is 38.5 Å². The van der Waals surface area contributed by atoms with Crippen LogP contribution in [0.15, 0.2) is 12.3 Å². The van der Waals surface area contributed by atoms with Gasteiger partial charge >= 0.3 is 35.0 Å². The van der Waals surface area contributed by atoms with Gasteiger partial charge < -0.3 is 34.8 Å². The van der Waals surface area contributed by atoms with Crippen molar-refractivity contribution in [3.05, 3.63) is 78.4 Å². The third-order valence-corrected chi connectivity index (χ3v) is 10.1. The van der Waals surface area contributed by atoms with Gasteiger partial charge in [0.2, 0.25) is 0 Å². The molecule has 46 heavy (non-hydrogen) atoms. The molecule has 0 amide bonds. The van der Waals surface area contributed by atoms with Crippen LogP contribution in [0.1, 0.15) is 71.6 Å². The molecule has 3 aromatic heterocycles. The van der Waals surface area contributed by atoms with E-state index in [1.165, 1.54) is 19.8 Å². The molecule has 9 nitrogen and oxygen atoms in total. The van der Waals surface area contributed by atoms with Gasteiger partial charge in [0.25, 0.3) is 0 Å². The Morgan fingerprint density at radius 2 is 1.70 bits per heavy atom. The van der Waals surface area contributed by atoms with E-state index in [0.717, 1.165) is 56.5 Å². The summed E-state index contributed by atoms with van der Waals surface area (Å²) in [4.78, 5) is 39.4. The van der Waals surface area contributed by atoms with Crippen LogP contribution >= 0.6 is 0 Å². The van der Waals surface area contributed by atoms with Crippen LogP contribution in [0.2, 0.25) is 0 Å². The van der Waals surface area contributed by atoms with E-state index in [2.05, 4.69) is 49.8 Å². The number of allylic oxidation sites excluding steroid dienone is 1. The molecular weight excluding hydrogens is 593 g/mol. The van der Waals surface area contributed by atoms with Gasteiger partial charge in [0.05, 0.1) is 20.3 Å². The number of aliphatic hydroxyl groups excluding tert-OH is 1. The van der Waals surface area contributed by atoms with Gasteiger partial charge in [0.1, 0.15) is 11.7 Å². The third-order valence-electron chi connectivity index (χ3n) is 10.1. The average Bonchev–Trinajstić information content (AvgIpc) is 3.76. The van der Waals surface area contributed by atoms with E-state index in [-0.39, 0.29) is 53.0 Å². The number of aromatic amines is 1. The fraction of sp³-hybridized carbons (Fsp3) is 0.389. The zero-order chi connectivity index (χ0) is 32.3. The van der Waals surface area contributed by atoms with Crippen LogP contribution in [-0.2, 0) is 25.5 Å². The fourth-order valence-corrected chi connectivity index (χ4v) is 7.50. The van der Waals surface area contributed by atoms with Crippen molar-refractivity contribution in [3.8, 4) is 0 Å². The number of ether oxygens (including phenoxy) is 2. The number of aromatic nitrogens is 3.